The molecule has 0 spiro atoms. The molecule has 0 atom stereocenters. The minimum atomic E-state index is -0.934. The van der Waals surface area contributed by atoms with Gasteiger partial charge in [-0.3, -0.25) is 14.9 Å². The molecule has 0 saturated carbocycles. The van der Waals surface area contributed by atoms with Crippen molar-refractivity contribution in [1.29, 1.82) is 0 Å². The highest BCUT2D eigenvalue weighted by atomic mass is 16.4. The Morgan fingerprint density at radius 1 is 1.14 bits per heavy atom. The maximum absolute atomic E-state index is 11.5. The molecule has 0 bridgehead atoms. The average Bonchev–Trinajstić information content (AvgIpc) is 2.18. The molecule has 14 heavy (non-hydrogen) atoms. The summed E-state index contributed by atoms with van der Waals surface area (Å²) in [5, 5.41) is 10.9. The van der Waals surface area contributed by atoms with Crippen molar-refractivity contribution in [1.82, 2.24) is 10.2 Å². The molecule has 1 aliphatic rings. The van der Waals surface area contributed by atoms with E-state index in [1.807, 2.05) is 0 Å². The molecule has 5 nitrogen and oxygen atoms in total. The molecule has 0 aromatic carbocycles. The molecule has 0 unspecified atom stereocenters. The number of nitrogens with zero attached hydrogens (tertiary/aromatic N) is 1. The van der Waals surface area contributed by atoms with E-state index in [4.69, 9.17) is 5.11 Å². The number of hydrogen-bond acceptors (Lipinski definition) is 3. The average molecular weight is 200 g/mol. The summed E-state index contributed by atoms with van der Waals surface area (Å²) < 4.78 is 0. The van der Waals surface area contributed by atoms with Gasteiger partial charge in [-0.1, -0.05) is 0 Å². The Morgan fingerprint density at radius 3 is 2.36 bits per heavy atom. The summed E-state index contributed by atoms with van der Waals surface area (Å²) in [5.41, 5.74) is 0. The number of carboxylic acids is 1. The molecule has 5 heteroatoms. The Balaban J connectivity index is 2.16. The number of carbonyl (C=O) groups is 2. The van der Waals surface area contributed by atoms with E-state index < -0.39 is 5.97 Å². The minimum absolute atomic E-state index is 0.00551. The third-order valence-corrected chi connectivity index (χ3v) is 2.26. The highest BCUT2D eigenvalue weighted by Gasteiger charge is 2.15. The zero-order valence-electron chi connectivity index (χ0n) is 8.16. The standard InChI is InChI=1S/C9H16N2O3/c12-8(6-10-7-9(13)14)11-4-2-1-3-5-11/h10H,1-7H2,(H,13,14). The van der Waals surface area contributed by atoms with Crippen LogP contribution in [0.1, 0.15) is 19.3 Å². The lowest BCUT2D eigenvalue weighted by molar-refractivity contribution is -0.136. The van der Waals surface area contributed by atoms with E-state index in [1.54, 1.807) is 4.90 Å². The van der Waals surface area contributed by atoms with Gasteiger partial charge in [0.15, 0.2) is 0 Å². The zero-order valence-corrected chi connectivity index (χ0v) is 8.16. The lowest BCUT2D eigenvalue weighted by Crippen LogP contribution is -2.42. The second-order valence-corrected chi connectivity index (χ2v) is 3.44. The van der Waals surface area contributed by atoms with Gasteiger partial charge in [0, 0.05) is 13.1 Å². The van der Waals surface area contributed by atoms with Crippen LogP contribution in [0.25, 0.3) is 0 Å². The summed E-state index contributed by atoms with van der Waals surface area (Å²) in [5.74, 6) is -0.928. The molecule has 0 aromatic rings. The Morgan fingerprint density at radius 2 is 1.79 bits per heavy atom. The molecule has 1 aliphatic heterocycles. The molecule has 0 aromatic heterocycles. The summed E-state index contributed by atoms with van der Waals surface area (Å²) >= 11 is 0. The van der Waals surface area contributed by atoms with Crippen molar-refractivity contribution < 1.29 is 14.7 Å². The van der Waals surface area contributed by atoms with Crippen LogP contribution in [0.5, 0.6) is 0 Å². The molecule has 80 valence electrons. The maximum atomic E-state index is 11.5. The van der Waals surface area contributed by atoms with Crippen LogP contribution in [0.4, 0.5) is 0 Å². The smallest absolute Gasteiger partial charge is 0.317 e. The topological polar surface area (TPSA) is 69.6 Å². The van der Waals surface area contributed by atoms with Gasteiger partial charge in [-0.05, 0) is 19.3 Å². The van der Waals surface area contributed by atoms with Gasteiger partial charge in [0.05, 0.1) is 13.1 Å². The van der Waals surface area contributed by atoms with Gasteiger partial charge in [0.25, 0.3) is 0 Å². The van der Waals surface area contributed by atoms with Crippen LogP contribution in [-0.2, 0) is 9.59 Å². The predicted molar refractivity (Wildman–Crippen MR) is 50.9 cm³/mol. The number of rotatable bonds is 4. The third-order valence-electron chi connectivity index (χ3n) is 2.26. The van der Waals surface area contributed by atoms with E-state index in [1.165, 1.54) is 6.42 Å². The second kappa shape index (κ2) is 5.59. The number of carboxylic acid groups (broad SMARTS) is 1. The number of carbonyl (C=O) groups excluding carboxylic acids is 1. The van der Waals surface area contributed by atoms with Crippen molar-refractivity contribution in [3.05, 3.63) is 0 Å². The first kappa shape index (κ1) is 11.0. The Kier molecular flexibility index (Phi) is 4.39. The first-order valence-corrected chi connectivity index (χ1v) is 4.90. The Hall–Kier alpha value is -1.10. The van der Waals surface area contributed by atoms with E-state index in [9.17, 15) is 9.59 Å². The van der Waals surface area contributed by atoms with Crippen LogP contribution >= 0.6 is 0 Å². The summed E-state index contributed by atoms with van der Waals surface area (Å²) in [6.45, 7) is 1.60. The molecule has 1 heterocycles. The van der Waals surface area contributed by atoms with E-state index in [0.29, 0.717) is 0 Å². The van der Waals surface area contributed by atoms with Gasteiger partial charge < -0.3 is 10.0 Å². The van der Waals surface area contributed by atoms with Crippen LogP contribution in [0.2, 0.25) is 0 Å². The SMILES string of the molecule is O=C(O)CNCC(=O)N1CCCCC1. The van der Waals surface area contributed by atoms with Gasteiger partial charge in [-0.15, -0.1) is 0 Å². The van der Waals surface area contributed by atoms with Gasteiger partial charge in [-0.25, -0.2) is 0 Å². The van der Waals surface area contributed by atoms with Crippen molar-refractivity contribution in [2.45, 2.75) is 19.3 Å². The van der Waals surface area contributed by atoms with Crippen molar-refractivity contribution in [2.75, 3.05) is 26.2 Å². The van der Waals surface area contributed by atoms with Crippen LogP contribution in [0.15, 0.2) is 0 Å². The Bertz CT molecular complexity index is 212. The molecule has 2 N–H and O–H groups in total. The first-order valence-electron chi connectivity index (χ1n) is 4.90. The molecule has 1 rings (SSSR count). The molecule has 1 saturated heterocycles. The number of nitrogens with one attached hydrogen (secondary N) is 1. The number of amides is 1. The Labute approximate surface area is 83.1 Å². The van der Waals surface area contributed by atoms with Crippen LogP contribution in [0.3, 0.4) is 0 Å². The van der Waals surface area contributed by atoms with Crippen molar-refractivity contribution in [3.8, 4) is 0 Å². The third kappa shape index (κ3) is 3.74. The van der Waals surface area contributed by atoms with Gasteiger partial charge in [0.2, 0.25) is 5.91 Å². The minimum Gasteiger partial charge on any atom is -0.480 e. The number of hydrogen-bond donors (Lipinski definition) is 2. The van der Waals surface area contributed by atoms with Crippen LogP contribution < -0.4 is 5.32 Å². The highest BCUT2D eigenvalue weighted by Crippen LogP contribution is 2.07. The summed E-state index contributed by atoms with van der Waals surface area (Å²) in [4.78, 5) is 23.4. The van der Waals surface area contributed by atoms with E-state index in [0.717, 1.165) is 25.9 Å². The normalized spacial score (nSPS) is 16.7. The molecular weight excluding hydrogens is 184 g/mol. The first-order chi connectivity index (χ1) is 6.70. The monoisotopic (exact) mass is 200 g/mol. The summed E-state index contributed by atoms with van der Waals surface area (Å²) in [6.07, 6.45) is 3.31. The fraction of sp³-hybridized carbons (Fsp3) is 0.778. The summed E-state index contributed by atoms with van der Waals surface area (Å²) in [7, 11) is 0. The van der Waals surface area contributed by atoms with Gasteiger partial charge in [-0.2, -0.15) is 0 Å². The lowest BCUT2D eigenvalue weighted by Gasteiger charge is -2.26. The van der Waals surface area contributed by atoms with Gasteiger partial charge in [0.1, 0.15) is 0 Å². The molecule has 0 radical (unpaired) electrons. The highest BCUT2D eigenvalue weighted by molar-refractivity contribution is 5.79. The van der Waals surface area contributed by atoms with E-state index in [-0.39, 0.29) is 19.0 Å². The van der Waals surface area contributed by atoms with Gasteiger partial charge >= 0.3 is 5.97 Å². The quantitative estimate of drug-likeness (QED) is 0.652. The number of likely N-dealkylation sites (tertiary alicyclic amines) is 1. The van der Waals surface area contributed by atoms with Crippen LogP contribution in [0, 0.1) is 0 Å². The van der Waals surface area contributed by atoms with E-state index >= 15 is 0 Å². The predicted octanol–water partition coefficient (Wildman–Crippen LogP) is -0.327. The molecule has 1 fully saturated rings. The summed E-state index contributed by atoms with van der Waals surface area (Å²) in [6, 6.07) is 0. The largest absolute Gasteiger partial charge is 0.480 e. The lowest BCUT2D eigenvalue weighted by atomic mass is 10.1. The fourth-order valence-corrected chi connectivity index (χ4v) is 1.53. The van der Waals surface area contributed by atoms with Crippen LogP contribution in [-0.4, -0.2) is 48.1 Å². The van der Waals surface area contributed by atoms with E-state index in [2.05, 4.69) is 5.32 Å². The fourth-order valence-electron chi connectivity index (χ4n) is 1.53. The maximum Gasteiger partial charge on any atom is 0.317 e. The molecule has 0 aliphatic carbocycles. The molecular formula is C9H16N2O3. The van der Waals surface area contributed by atoms with Crippen molar-refractivity contribution >= 4 is 11.9 Å². The molecule has 1 amide bonds. The van der Waals surface area contributed by atoms with Crippen molar-refractivity contribution in [3.63, 3.8) is 0 Å². The number of piperidine rings is 1. The second-order valence-electron chi connectivity index (χ2n) is 3.44. The van der Waals surface area contributed by atoms with Crippen molar-refractivity contribution in [2.24, 2.45) is 0 Å². The number of aliphatic carboxylic acids is 1. The zero-order chi connectivity index (χ0) is 10.4.